The topological polar surface area (TPSA) is 83.6 Å². The maximum Gasteiger partial charge on any atom is 0.323 e. The number of amides is 1. The number of carbonyl (C=O) groups excluding carboxylic acids is 1. The van der Waals surface area contributed by atoms with Crippen LogP contribution in [0.4, 0.5) is 5.69 Å². The number of aromatic nitrogens is 1. The molecule has 0 saturated carbocycles. The first-order chi connectivity index (χ1) is 11.0. The molecular weight excluding hydrogens is 316 g/mol. The van der Waals surface area contributed by atoms with Crippen molar-refractivity contribution in [3.8, 4) is 0 Å². The highest BCUT2D eigenvalue weighted by molar-refractivity contribution is 7.99. The summed E-state index contributed by atoms with van der Waals surface area (Å²) in [5.74, 6) is 0.246. The minimum atomic E-state index is -1.04. The molecule has 23 heavy (non-hydrogen) atoms. The van der Waals surface area contributed by atoms with Gasteiger partial charge >= 0.3 is 5.97 Å². The van der Waals surface area contributed by atoms with E-state index in [2.05, 4.69) is 5.16 Å². The van der Waals surface area contributed by atoms with E-state index in [1.165, 1.54) is 16.7 Å². The van der Waals surface area contributed by atoms with E-state index in [4.69, 9.17) is 9.63 Å². The fourth-order valence-electron chi connectivity index (χ4n) is 2.09. The number of thioether (sulfide) groups is 1. The first-order valence-electron chi connectivity index (χ1n) is 7.05. The lowest BCUT2D eigenvalue weighted by Crippen LogP contribution is -2.36. The number of benzene rings is 1. The van der Waals surface area contributed by atoms with Gasteiger partial charge in [-0.05, 0) is 26.0 Å². The molecule has 0 spiro atoms. The van der Waals surface area contributed by atoms with Crippen molar-refractivity contribution in [2.24, 2.45) is 0 Å². The molecule has 0 saturated heterocycles. The van der Waals surface area contributed by atoms with Gasteiger partial charge in [-0.1, -0.05) is 23.4 Å². The van der Waals surface area contributed by atoms with Crippen molar-refractivity contribution in [1.82, 2.24) is 5.16 Å². The zero-order chi connectivity index (χ0) is 16.8. The number of aryl methyl sites for hydroxylation is 2. The van der Waals surface area contributed by atoms with E-state index in [1.54, 1.807) is 24.3 Å². The minimum Gasteiger partial charge on any atom is -0.480 e. The van der Waals surface area contributed by atoms with Crippen molar-refractivity contribution in [2.45, 2.75) is 19.6 Å². The number of hydrogen-bond donors (Lipinski definition) is 1. The van der Waals surface area contributed by atoms with Gasteiger partial charge in [0, 0.05) is 17.0 Å². The molecule has 0 aliphatic carbocycles. The summed E-state index contributed by atoms with van der Waals surface area (Å²) in [6.45, 7) is 3.34. The number of carbonyl (C=O) groups is 2. The molecule has 0 atom stereocenters. The highest BCUT2D eigenvalue weighted by Crippen LogP contribution is 2.21. The average Bonchev–Trinajstić information content (AvgIpc) is 2.85. The molecular formula is C16H18N2O4S. The van der Waals surface area contributed by atoms with Crippen LogP contribution in [0.1, 0.15) is 17.0 Å². The van der Waals surface area contributed by atoms with Crippen molar-refractivity contribution < 1.29 is 19.2 Å². The number of nitrogens with zero attached hydrogens (tertiary/aromatic N) is 2. The van der Waals surface area contributed by atoms with Gasteiger partial charge in [0.25, 0.3) is 0 Å². The Hall–Kier alpha value is -2.28. The summed E-state index contributed by atoms with van der Waals surface area (Å²) in [4.78, 5) is 24.7. The molecule has 1 N–H and O–H groups in total. The maximum atomic E-state index is 12.4. The molecule has 1 heterocycles. The second kappa shape index (κ2) is 7.82. The van der Waals surface area contributed by atoms with Crippen molar-refractivity contribution in [3.05, 3.63) is 47.3 Å². The van der Waals surface area contributed by atoms with Gasteiger partial charge in [-0.2, -0.15) is 0 Å². The SMILES string of the molecule is Cc1noc(C)c1CSCC(=O)N(CC(=O)O)c1ccccc1. The Morgan fingerprint density at radius 2 is 1.96 bits per heavy atom. The van der Waals surface area contributed by atoms with Gasteiger partial charge in [-0.25, -0.2) is 0 Å². The Morgan fingerprint density at radius 3 is 2.52 bits per heavy atom. The molecule has 1 aromatic carbocycles. The molecule has 2 rings (SSSR count). The average molecular weight is 334 g/mol. The van der Waals surface area contributed by atoms with Crippen LogP contribution in [0, 0.1) is 13.8 Å². The quantitative estimate of drug-likeness (QED) is 0.838. The van der Waals surface area contributed by atoms with E-state index in [0.717, 1.165) is 17.0 Å². The monoisotopic (exact) mass is 334 g/mol. The van der Waals surface area contributed by atoms with Crippen molar-refractivity contribution >= 4 is 29.3 Å². The molecule has 2 aromatic rings. The molecule has 0 unspecified atom stereocenters. The number of para-hydroxylation sites is 1. The van der Waals surface area contributed by atoms with Crippen LogP contribution >= 0.6 is 11.8 Å². The van der Waals surface area contributed by atoms with Crippen LogP contribution in [0.3, 0.4) is 0 Å². The summed E-state index contributed by atoms with van der Waals surface area (Å²) in [6, 6.07) is 8.81. The van der Waals surface area contributed by atoms with Crippen LogP contribution in [0.5, 0.6) is 0 Å². The first-order valence-corrected chi connectivity index (χ1v) is 8.21. The lowest BCUT2D eigenvalue weighted by molar-refractivity contribution is -0.136. The fraction of sp³-hybridized carbons (Fsp3) is 0.312. The molecule has 0 bridgehead atoms. The predicted molar refractivity (Wildman–Crippen MR) is 88.6 cm³/mol. The number of hydrogen-bond acceptors (Lipinski definition) is 5. The second-order valence-electron chi connectivity index (χ2n) is 5.00. The summed E-state index contributed by atoms with van der Waals surface area (Å²) in [7, 11) is 0. The number of carboxylic acid groups (broad SMARTS) is 1. The normalized spacial score (nSPS) is 10.5. The van der Waals surface area contributed by atoms with Crippen LogP contribution in [0.25, 0.3) is 0 Å². The molecule has 6 nitrogen and oxygen atoms in total. The third-order valence-corrected chi connectivity index (χ3v) is 4.26. The lowest BCUT2D eigenvalue weighted by atomic mass is 10.2. The summed E-state index contributed by atoms with van der Waals surface area (Å²) in [5.41, 5.74) is 2.37. The molecule has 122 valence electrons. The third-order valence-electron chi connectivity index (χ3n) is 3.32. The Balaban J connectivity index is 1.99. The van der Waals surface area contributed by atoms with Gasteiger partial charge in [-0.15, -0.1) is 11.8 Å². The van der Waals surface area contributed by atoms with E-state index in [-0.39, 0.29) is 18.2 Å². The van der Waals surface area contributed by atoms with Crippen LogP contribution in [0.2, 0.25) is 0 Å². The number of rotatable bonds is 7. The van der Waals surface area contributed by atoms with Crippen LogP contribution in [0.15, 0.2) is 34.9 Å². The first kappa shape index (κ1) is 17.1. The fourth-order valence-corrected chi connectivity index (χ4v) is 3.14. The van der Waals surface area contributed by atoms with E-state index < -0.39 is 5.97 Å². The minimum absolute atomic E-state index is 0.187. The highest BCUT2D eigenvalue weighted by Gasteiger charge is 2.19. The van der Waals surface area contributed by atoms with Crippen LogP contribution in [-0.2, 0) is 15.3 Å². The molecule has 0 radical (unpaired) electrons. The van der Waals surface area contributed by atoms with Crippen molar-refractivity contribution in [2.75, 3.05) is 17.2 Å². The van der Waals surface area contributed by atoms with Gasteiger partial charge in [0.2, 0.25) is 5.91 Å². The molecule has 0 fully saturated rings. The lowest BCUT2D eigenvalue weighted by Gasteiger charge is -2.20. The van der Waals surface area contributed by atoms with E-state index in [1.807, 2.05) is 19.9 Å². The molecule has 7 heteroatoms. The summed E-state index contributed by atoms with van der Waals surface area (Å²) in [5, 5.41) is 12.9. The Morgan fingerprint density at radius 1 is 1.26 bits per heavy atom. The van der Waals surface area contributed by atoms with Crippen molar-refractivity contribution in [3.63, 3.8) is 0 Å². The summed E-state index contributed by atoms with van der Waals surface area (Å²) >= 11 is 1.41. The van der Waals surface area contributed by atoms with Crippen LogP contribution in [-0.4, -0.2) is 34.4 Å². The number of anilines is 1. The zero-order valence-electron chi connectivity index (χ0n) is 13.0. The maximum absolute atomic E-state index is 12.4. The molecule has 1 aromatic heterocycles. The molecule has 1 amide bonds. The van der Waals surface area contributed by atoms with Gasteiger partial charge in [0.05, 0.1) is 11.4 Å². The Kier molecular flexibility index (Phi) is 5.81. The van der Waals surface area contributed by atoms with E-state index >= 15 is 0 Å². The predicted octanol–water partition coefficient (Wildman–Crippen LogP) is 2.64. The van der Waals surface area contributed by atoms with Crippen molar-refractivity contribution in [1.29, 1.82) is 0 Å². The summed E-state index contributed by atoms with van der Waals surface area (Å²) in [6.07, 6.45) is 0. The smallest absolute Gasteiger partial charge is 0.323 e. The largest absolute Gasteiger partial charge is 0.480 e. The highest BCUT2D eigenvalue weighted by atomic mass is 32.2. The molecule has 0 aliphatic rings. The zero-order valence-corrected chi connectivity index (χ0v) is 13.8. The Labute approximate surface area is 138 Å². The number of carboxylic acids is 1. The van der Waals surface area contributed by atoms with Gasteiger partial charge < -0.3 is 14.5 Å². The number of aliphatic carboxylic acids is 1. The van der Waals surface area contributed by atoms with Gasteiger partial charge in [-0.3, -0.25) is 9.59 Å². The summed E-state index contributed by atoms with van der Waals surface area (Å²) < 4.78 is 5.09. The van der Waals surface area contributed by atoms with E-state index in [9.17, 15) is 9.59 Å². The Bertz CT molecular complexity index is 665. The third kappa shape index (κ3) is 4.59. The standard InChI is InChI=1S/C16H18N2O4S/c1-11-14(12(2)22-17-11)9-23-10-15(19)18(8-16(20)21)13-6-4-3-5-7-13/h3-7H,8-10H2,1-2H3,(H,20,21). The molecule has 0 aliphatic heterocycles. The van der Waals surface area contributed by atoms with Gasteiger partial charge in [0.15, 0.2) is 0 Å². The van der Waals surface area contributed by atoms with E-state index in [0.29, 0.717) is 11.4 Å². The van der Waals surface area contributed by atoms with Gasteiger partial charge in [0.1, 0.15) is 12.3 Å². The second-order valence-corrected chi connectivity index (χ2v) is 5.99. The van der Waals surface area contributed by atoms with Crippen LogP contribution < -0.4 is 4.90 Å².